The van der Waals surface area contributed by atoms with Gasteiger partial charge in [-0.25, -0.2) is 0 Å². The van der Waals surface area contributed by atoms with Gasteiger partial charge in [0.2, 0.25) is 11.8 Å². The van der Waals surface area contributed by atoms with E-state index in [4.69, 9.17) is 4.74 Å². The molecule has 0 aliphatic heterocycles. The molecule has 0 spiro atoms. The number of methoxy groups -OCH3 is 1. The second kappa shape index (κ2) is 8.87. The highest BCUT2D eigenvalue weighted by molar-refractivity contribution is 6.01. The van der Waals surface area contributed by atoms with Gasteiger partial charge in [-0.3, -0.25) is 9.59 Å². The monoisotopic (exact) mass is 432 g/mol. The van der Waals surface area contributed by atoms with Crippen molar-refractivity contribution in [2.24, 2.45) is 0 Å². The Morgan fingerprint density at radius 2 is 1.78 bits per heavy atom. The summed E-state index contributed by atoms with van der Waals surface area (Å²) in [5.41, 5.74) is 5.61. The molecule has 1 fully saturated rings. The lowest BCUT2D eigenvalue weighted by Gasteiger charge is -2.18. The van der Waals surface area contributed by atoms with Crippen LogP contribution in [0.2, 0.25) is 0 Å². The molecule has 0 unspecified atom stereocenters. The fraction of sp³-hybridized carbons (Fsp3) is 0.259. The standard InChI is InChI=1S/C27H28N2O3.2H2/c1-18-7-12-23(16-25(18)21-10-8-20(9-11-21)17-28-19(2)30)29-26(31)27(13-14-27)22-5-4-6-24(15-22)32-3;;/h4-12,15-16H,13-14,17H2,1-3H3,(H,28,30)(H,29,31);2*1H. The lowest BCUT2D eigenvalue weighted by atomic mass is 9.94. The molecule has 0 atom stereocenters. The van der Waals surface area contributed by atoms with Crippen molar-refractivity contribution in [3.8, 4) is 16.9 Å². The molecule has 0 heterocycles. The van der Waals surface area contributed by atoms with Crippen LogP contribution < -0.4 is 15.4 Å². The summed E-state index contributed by atoms with van der Waals surface area (Å²) in [4.78, 5) is 24.3. The zero-order valence-electron chi connectivity index (χ0n) is 18.7. The Morgan fingerprint density at radius 1 is 1.03 bits per heavy atom. The fourth-order valence-electron chi connectivity index (χ4n) is 3.98. The van der Waals surface area contributed by atoms with Gasteiger partial charge >= 0.3 is 0 Å². The van der Waals surface area contributed by atoms with E-state index in [1.54, 1.807) is 7.11 Å². The highest BCUT2D eigenvalue weighted by Crippen LogP contribution is 2.49. The Kier molecular flexibility index (Phi) is 5.99. The zero-order chi connectivity index (χ0) is 22.7. The number of anilines is 1. The molecule has 168 valence electrons. The number of carbonyl (C=O) groups excluding carboxylic acids is 2. The lowest BCUT2D eigenvalue weighted by Crippen LogP contribution is -2.27. The van der Waals surface area contributed by atoms with Gasteiger partial charge in [-0.15, -0.1) is 0 Å². The molecule has 1 aliphatic carbocycles. The number of benzene rings is 3. The smallest absolute Gasteiger partial charge is 0.235 e. The Balaban J connectivity index is 0.00000204. The molecule has 1 aliphatic rings. The predicted octanol–water partition coefficient (Wildman–Crippen LogP) is 5.47. The molecule has 5 nitrogen and oxygen atoms in total. The Hall–Kier alpha value is -3.60. The first-order valence-corrected chi connectivity index (χ1v) is 10.8. The number of aryl methyl sites for hydroxylation is 1. The van der Waals surface area contributed by atoms with E-state index in [0.29, 0.717) is 6.54 Å². The normalized spacial score (nSPS) is 13.8. The molecule has 0 radical (unpaired) electrons. The van der Waals surface area contributed by atoms with E-state index in [0.717, 1.165) is 52.1 Å². The molecule has 0 saturated heterocycles. The van der Waals surface area contributed by atoms with Crippen LogP contribution in [0.5, 0.6) is 5.75 Å². The summed E-state index contributed by atoms with van der Waals surface area (Å²) < 4.78 is 5.34. The third kappa shape index (κ3) is 4.52. The van der Waals surface area contributed by atoms with Gasteiger partial charge in [0.15, 0.2) is 0 Å². The van der Waals surface area contributed by atoms with Gasteiger partial charge in [0.25, 0.3) is 0 Å². The van der Waals surface area contributed by atoms with Crippen LogP contribution in [0.1, 0.15) is 39.3 Å². The van der Waals surface area contributed by atoms with Crippen molar-refractivity contribution in [3.05, 3.63) is 83.4 Å². The summed E-state index contributed by atoms with van der Waals surface area (Å²) in [5.74, 6) is 0.739. The molecule has 3 aromatic carbocycles. The molecule has 1 saturated carbocycles. The number of rotatable bonds is 7. The first-order chi connectivity index (χ1) is 15.4. The van der Waals surface area contributed by atoms with Crippen molar-refractivity contribution in [2.45, 2.75) is 38.6 Å². The average Bonchev–Trinajstić information content (AvgIpc) is 3.62. The summed E-state index contributed by atoms with van der Waals surface area (Å²) >= 11 is 0. The van der Waals surface area contributed by atoms with E-state index in [9.17, 15) is 9.59 Å². The largest absolute Gasteiger partial charge is 0.497 e. The van der Waals surface area contributed by atoms with E-state index < -0.39 is 5.41 Å². The maximum absolute atomic E-state index is 13.2. The van der Waals surface area contributed by atoms with Gasteiger partial charge in [-0.2, -0.15) is 0 Å². The lowest BCUT2D eigenvalue weighted by molar-refractivity contribution is -0.119. The molecular weight excluding hydrogens is 400 g/mol. The van der Waals surface area contributed by atoms with Crippen molar-refractivity contribution in [3.63, 3.8) is 0 Å². The molecular formula is C27H32N2O3. The van der Waals surface area contributed by atoms with E-state index in [-0.39, 0.29) is 14.7 Å². The summed E-state index contributed by atoms with van der Waals surface area (Å²) in [6.07, 6.45) is 1.67. The minimum Gasteiger partial charge on any atom is -0.497 e. The Labute approximate surface area is 191 Å². The molecule has 32 heavy (non-hydrogen) atoms. The van der Waals surface area contributed by atoms with Crippen molar-refractivity contribution in [1.82, 2.24) is 5.32 Å². The molecule has 0 aromatic heterocycles. The number of carbonyl (C=O) groups is 2. The molecule has 4 rings (SSSR count). The third-order valence-electron chi connectivity index (χ3n) is 6.11. The molecule has 3 aromatic rings. The molecule has 5 heteroatoms. The summed E-state index contributed by atoms with van der Waals surface area (Å²) in [7, 11) is 1.64. The Bertz CT molecular complexity index is 1160. The first-order valence-electron chi connectivity index (χ1n) is 10.8. The molecule has 2 N–H and O–H groups in total. The predicted molar refractivity (Wildman–Crippen MR) is 131 cm³/mol. The highest BCUT2D eigenvalue weighted by Gasteiger charge is 2.51. The van der Waals surface area contributed by atoms with Crippen molar-refractivity contribution >= 4 is 17.5 Å². The average molecular weight is 433 g/mol. The van der Waals surface area contributed by atoms with Crippen LogP contribution in [0.15, 0.2) is 66.7 Å². The number of ether oxygens (including phenoxy) is 1. The minimum atomic E-state index is -0.481. The first kappa shape index (κ1) is 21.6. The topological polar surface area (TPSA) is 67.4 Å². The van der Waals surface area contributed by atoms with Crippen LogP contribution in [0.25, 0.3) is 11.1 Å². The fourth-order valence-corrected chi connectivity index (χ4v) is 3.98. The van der Waals surface area contributed by atoms with Crippen molar-refractivity contribution < 1.29 is 17.2 Å². The Morgan fingerprint density at radius 3 is 2.44 bits per heavy atom. The van der Waals surface area contributed by atoms with Crippen LogP contribution in [0.4, 0.5) is 5.69 Å². The van der Waals surface area contributed by atoms with E-state index >= 15 is 0 Å². The quantitative estimate of drug-likeness (QED) is 0.520. The molecule has 2 amide bonds. The second-order valence-electron chi connectivity index (χ2n) is 8.40. The SMILES string of the molecule is COc1cccc(C2(C(=O)Nc3ccc(C)c(-c4ccc(CNC(C)=O)cc4)c3)CC2)c1.[HH].[HH]. The number of hydrogen-bond donors (Lipinski definition) is 2. The third-order valence-corrected chi connectivity index (χ3v) is 6.11. The van der Waals surface area contributed by atoms with Crippen molar-refractivity contribution in [2.75, 3.05) is 12.4 Å². The number of hydrogen-bond acceptors (Lipinski definition) is 3. The second-order valence-corrected chi connectivity index (χ2v) is 8.40. The maximum Gasteiger partial charge on any atom is 0.235 e. The van der Waals surface area contributed by atoms with Gasteiger partial charge in [-0.1, -0.05) is 42.5 Å². The van der Waals surface area contributed by atoms with Gasteiger partial charge in [0.05, 0.1) is 12.5 Å². The van der Waals surface area contributed by atoms with Crippen LogP contribution >= 0.6 is 0 Å². The molecule has 0 bridgehead atoms. The van der Waals surface area contributed by atoms with E-state index in [1.807, 2.05) is 66.7 Å². The number of nitrogens with one attached hydrogen (secondary N) is 2. The summed E-state index contributed by atoms with van der Waals surface area (Å²) in [6.45, 7) is 4.08. The van der Waals surface area contributed by atoms with Crippen LogP contribution in [0, 0.1) is 6.92 Å². The summed E-state index contributed by atoms with van der Waals surface area (Å²) in [6, 6.07) is 21.9. The number of amides is 2. The highest BCUT2D eigenvalue weighted by atomic mass is 16.5. The summed E-state index contributed by atoms with van der Waals surface area (Å²) in [5, 5.41) is 5.94. The van der Waals surface area contributed by atoms with E-state index in [2.05, 4.69) is 17.6 Å². The van der Waals surface area contributed by atoms with Gasteiger partial charge in [-0.05, 0) is 71.8 Å². The van der Waals surface area contributed by atoms with Gasteiger partial charge in [0.1, 0.15) is 5.75 Å². The van der Waals surface area contributed by atoms with E-state index in [1.165, 1.54) is 6.92 Å². The van der Waals surface area contributed by atoms with Gasteiger partial charge in [0, 0.05) is 22.0 Å². The van der Waals surface area contributed by atoms with Crippen LogP contribution in [-0.4, -0.2) is 18.9 Å². The van der Waals surface area contributed by atoms with Crippen LogP contribution in [-0.2, 0) is 21.5 Å². The van der Waals surface area contributed by atoms with Crippen LogP contribution in [0.3, 0.4) is 0 Å². The zero-order valence-corrected chi connectivity index (χ0v) is 18.7. The van der Waals surface area contributed by atoms with Gasteiger partial charge < -0.3 is 15.4 Å². The maximum atomic E-state index is 13.2. The minimum absolute atomic E-state index is 0. The van der Waals surface area contributed by atoms with Crippen molar-refractivity contribution in [1.29, 1.82) is 0 Å².